The number of piperidine rings is 1. The number of anilines is 1. The SMILES string of the molecule is COC1CN(c2ccc([N+](=O)[O-])c(C(C)=O)c2)CCC1C. The van der Waals surface area contributed by atoms with E-state index >= 15 is 0 Å². The predicted octanol–water partition coefficient (Wildman–Crippen LogP) is 2.66. The molecule has 6 heteroatoms. The predicted molar refractivity (Wildman–Crippen MR) is 79.9 cm³/mol. The molecule has 1 fully saturated rings. The van der Waals surface area contributed by atoms with E-state index in [0.717, 1.165) is 25.2 Å². The van der Waals surface area contributed by atoms with E-state index in [1.807, 2.05) is 0 Å². The van der Waals surface area contributed by atoms with Crippen molar-refractivity contribution in [2.75, 3.05) is 25.1 Å². The molecule has 1 aromatic carbocycles. The third-order valence-electron chi connectivity index (χ3n) is 4.11. The monoisotopic (exact) mass is 292 g/mol. The molecule has 114 valence electrons. The van der Waals surface area contributed by atoms with Crippen molar-refractivity contribution in [3.63, 3.8) is 0 Å². The minimum atomic E-state index is -0.517. The van der Waals surface area contributed by atoms with Gasteiger partial charge in [0.2, 0.25) is 0 Å². The standard InChI is InChI=1S/C15H20N2O4/c1-10-6-7-16(9-15(10)21-3)12-4-5-14(17(19)20)13(8-12)11(2)18/h4-5,8,10,15H,6-7,9H2,1-3H3. The molecule has 1 saturated heterocycles. The van der Waals surface area contributed by atoms with Crippen LogP contribution in [0.2, 0.25) is 0 Å². The molecule has 0 aromatic heterocycles. The molecule has 0 N–H and O–H groups in total. The van der Waals surface area contributed by atoms with Gasteiger partial charge in [-0.2, -0.15) is 0 Å². The highest BCUT2D eigenvalue weighted by Gasteiger charge is 2.27. The van der Waals surface area contributed by atoms with Crippen LogP contribution in [0.15, 0.2) is 18.2 Å². The van der Waals surface area contributed by atoms with Crippen LogP contribution in [-0.2, 0) is 4.74 Å². The summed E-state index contributed by atoms with van der Waals surface area (Å²) in [5, 5.41) is 11.0. The molecule has 6 nitrogen and oxygen atoms in total. The van der Waals surface area contributed by atoms with Crippen molar-refractivity contribution in [1.29, 1.82) is 0 Å². The fourth-order valence-electron chi connectivity index (χ4n) is 2.74. The van der Waals surface area contributed by atoms with E-state index in [1.165, 1.54) is 13.0 Å². The molecule has 1 aliphatic rings. The van der Waals surface area contributed by atoms with Crippen LogP contribution in [0.1, 0.15) is 30.6 Å². The first-order chi connectivity index (χ1) is 9.93. The maximum absolute atomic E-state index is 11.6. The minimum Gasteiger partial charge on any atom is -0.379 e. The average Bonchev–Trinajstić information content (AvgIpc) is 2.47. The molecular weight excluding hydrogens is 272 g/mol. The van der Waals surface area contributed by atoms with Gasteiger partial charge in [-0.25, -0.2) is 0 Å². The van der Waals surface area contributed by atoms with Gasteiger partial charge in [-0.15, -0.1) is 0 Å². The minimum absolute atomic E-state index is 0.134. The summed E-state index contributed by atoms with van der Waals surface area (Å²) < 4.78 is 5.48. The topological polar surface area (TPSA) is 72.7 Å². The van der Waals surface area contributed by atoms with Crippen molar-refractivity contribution in [2.24, 2.45) is 5.92 Å². The first-order valence-electron chi connectivity index (χ1n) is 7.01. The summed E-state index contributed by atoms with van der Waals surface area (Å²) in [6, 6.07) is 4.72. The molecular formula is C15H20N2O4. The van der Waals surface area contributed by atoms with E-state index < -0.39 is 4.92 Å². The first kappa shape index (κ1) is 15.4. The van der Waals surface area contributed by atoms with Gasteiger partial charge in [-0.3, -0.25) is 14.9 Å². The maximum atomic E-state index is 11.6. The van der Waals surface area contributed by atoms with Crippen LogP contribution in [0.3, 0.4) is 0 Å². The van der Waals surface area contributed by atoms with E-state index in [4.69, 9.17) is 4.74 Å². The Morgan fingerprint density at radius 3 is 2.76 bits per heavy atom. The van der Waals surface area contributed by atoms with E-state index in [9.17, 15) is 14.9 Å². The lowest BCUT2D eigenvalue weighted by molar-refractivity contribution is -0.385. The fraction of sp³-hybridized carbons (Fsp3) is 0.533. The summed E-state index contributed by atoms with van der Waals surface area (Å²) in [5.74, 6) is 0.189. The number of hydrogen-bond acceptors (Lipinski definition) is 5. The number of nitrogens with zero attached hydrogens (tertiary/aromatic N) is 2. The highest BCUT2D eigenvalue weighted by atomic mass is 16.6. The van der Waals surface area contributed by atoms with Gasteiger partial charge < -0.3 is 9.64 Å². The van der Waals surface area contributed by atoms with E-state index in [1.54, 1.807) is 19.2 Å². The largest absolute Gasteiger partial charge is 0.379 e. The third kappa shape index (κ3) is 3.21. The lowest BCUT2D eigenvalue weighted by Gasteiger charge is -2.37. The van der Waals surface area contributed by atoms with Crippen molar-refractivity contribution in [3.8, 4) is 0 Å². The zero-order valence-electron chi connectivity index (χ0n) is 12.5. The number of carbonyl (C=O) groups excluding carboxylic acids is 1. The Morgan fingerprint density at radius 1 is 1.48 bits per heavy atom. The molecule has 0 saturated carbocycles. The summed E-state index contributed by atoms with van der Waals surface area (Å²) >= 11 is 0. The van der Waals surface area contributed by atoms with Crippen LogP contribution in [0.5, 0.6) is 0 Å². The molecule has 1 heterocycles. The molecule has 1 aliphatic heterocycles. The van der Waals surface area contributed by atoms with E-state index in [-0.39, 0.29) is 23.1 Å². The number of benzene rings is 1. The van der Waals surface area contributed by atoms with Gasteiger partial charge in [0.25, 0.3) is 5.69 Å². The van der Waals surface area contributed by atoms with Crippen molar-refractivity contribution in [1.82, 2.24) is 0 Å². The number of ketones is 1. The molecule has 21 heavy (non-hydrogen) atoms. The van der Waals surface area contributed by atoms with Crippen molar-refractivity contribution >= 4 is 17.2 Å². The van der Waals surface area contributed by atoms with Gasteiger partial charge >= 0.3 is 0 Å². The summed E-state index contributed by atoms with van der Waals surface area (Å²) in [6.45, 7) is 5.09. The van der Waals surface area contributed by atoms with Crippen LogP contribution < -0.4 is 4.90 Å². The zero-order valence-corrected chi connectivity index (χ0v) is 12.5. The van der Waals surface area contributed by atoms with Crippen molar-refractivity contribution in [2.45, 2.75) is 26.4 Å². The van der Waals surface area contributed by atoms with Gasteiger partial charge in [0.1, 0.15) is 0 Å². The molecule has 2 atom stereocenters. The molecule has 0 amide bonds. The van der Waals surface area contributed by atoms with E-state index in [0.29, 0.717) is 5.92 Å². The Hall–Kier alpha value is -1.95. The number of nitro benzene ring substituents is 1. The number of carbonyl (C=O) groups is 1. The summed E-state index contributed by atoms with van der Waals surface area (Å²) in [5.41, 5.74) is 0.852. The van der Waals surface area contributed by atoms with Gasteiger partial charge in [0.05, 0.1) is 16.6 Å². The molecule has 2 rings (SSSR count). The van der Waals surface area contributed by atoms with Crippen LogP contribution in [0.25, 0.3) is 0 Å². The highest BCUT2D eigenvalue weighted by Crippen LogP contribution is 2.29. The second-order valence-electron chi connectivity index (χ2n) is 5.50. The Kier molecular flexibility index (Phi) is 4.57. The lowest BCUT2D eigenvalue weighted by atomic mass is 9.95. The number of nitro groups is 1. The Labute approximate surface area is 123 Å². The smallest absolute Gasteiger partial charge is 0.280 e. The molecule has 0 radical (unpaired) electrons. The lowest BCUT2D eigenvalue weighted by Crippen LogP contribution is -2.44. The van der Waals surface area contributed by atoms with Crippen LogP contribution >= 0.6 is 0 Å². The van der Waals surface area contributed by atoms with Gasteiger partial charge in [0.15, 0.2) is 5.78 Å². The second-order valence-corrected chi connectivity index (χ2v) is 5.50. The second kappa shape index (κ2) is 6.22. The van der Waals surface area contributed by atoms with Crippen molar-refractivity contribution < 1.29 is 14.5 Å². The fourth-order valence-corrected chi connectivity index (χ4v) is 2.74. The number of ether oxygens (including phenoxy) is 1. The van der Waals surface area contributed by atoms with Gasteiger partial charge in [-0.1, -0.05) is 6.92 Å². The quantitative estimate of drug-likeness (QED) is 0.484. The van der Waals surface area contributed by atoms with Crippen molar-refractivity contribution in [3.05, 3.63) is 33.9 Å². The maximum Gasteiger partial charge on any atom is 0.280 e. The van der Waals surface area contributed by atoms with Crippen LogP contribution in [0, 0.1) is 16.0 Å². The number of methoxy groups -OCH3 is 1. The average molecular weight is 292 g/mol. The molecule has 0 aliphatic carbocycles. The zero-order chi connectivity index (χ0) is 15.6. The van der Waals surface area contributed by atoms with Crippen LogP contribution in [-0.4, -0.2) is 37.0 Å². The highest BCUT2D eigenvalue weighted by molar-refractivity contribution is 5.99. The molecule has 0 spiro atoms. The van der Waals surface area contributed by atoms with E-state index in [2.05, 4.69) is 11.8 Å². The first-order valence-corrected chi connectivity index (χ1v) is 7.01. The number of rotatable bonds is 4. The van der Waals surface area contributed by atoms with Gasteiger partial charge in [0, 0.05) is 32.0 Å². The Balaban J connectivity index is 2.30. The summed E-state index contributed by atoms with van der Waals surface area (Å²) in [4.78, 5) is 24.2. The Morgan fingerprint density at radius 2 is 2.19 bits per heavy atom. The molecule has 2 unspecified atom stereocenters. The number of Topliss-reactive ketones (excluding diaryl/α,β-unsaturated/α-hetero) is 1. The number of hydrogen-bond donors (Lipinski definition) is 0. The molecule has 0 bridgehead atoms. The Bertz CT molecular complexity index is 559. The van der Waals surface area contributed by atoms with Gasteiger partial charge in [-0.05, 0) is 31.4 Å². The summed E-state index contributed by atoms with van der Waals surface area (Å²) in [6.07, 6.45) is 1.12. The normalized spacial score (nSPS) is 22.1. The molecule has 1 aromatic rings. The summed E-state index contributed by atoms with van der Waals surface area (Å²) in [7, 11) is 1.70. The van der Waals surface area contributed by atoms with Crippen LogP contribution in [0.4, 0.5) is 11.4 Å². The third-order valence-corrected chi connectivity index (χ3v) is 4.11.